The van der Waals surface area contributed by atoms with Gasteiger partial charge in [0, 0.05) is 23.3 Å². The molecule has 10 heteroatoms. The minimum atomic E-state index is -1.10. The number of allylic oxidation sites excluding steroid dienone is 2. The third-order valence-corrected chi connectivity index (χ3v) is 7.53. The maximum absolute atomic E-state index is 13.3. The van der Waals surface area contributed by atoms with Gasteiger partial charge in [-0.05, 0) is 38.1 Å². The predicted octanol–water partition coefficient (Wildman–Crippen LogP) is 5.54. The molecule has 1 aliphatic carbocycles. The summed E-state index contributed by atoms with van der Waals surface area (Å²) in [5.74, 6) is -2.60. The number of fused-ring (bicyclic) bond motifs is 1. The number of halogens is 2. The van der Waals surface area contributed by atoms with Crippen molar-refractivity contribution < 1.29 is 29.3 Å². The third kappa shape index (κ3) is 5.07. The van der Waals surface area contributed by atoms with Crippen LogP contribution in [0.1, 0.15) is 46.5 Å². The number of ketones is 2. The van der Waals surface area contributed by atoms with Crippen LogP contribution in [0, 0.1) is 0 Å². The van der Waals surface area contributed by atoms with Crippen LogP contribution in [0.4, 0.5) is 0 Å². The highest BCUT2D eigenvalue weighted by Crippen LogP contribution is 2.37. The molecule has 0 spiro atoms. The average Bonchev–Trinajstić information content (AvgIpc) is 3.32. The molecule has 0 fully saturated rings. The molecule has 0 saturated carbocycles. The Hall–Kier alpha value is -3.07. The van der Waals surface area contributed by atoms with Crippen molar-refractivity contribution in [2.24, 2.45) is 4.99 Å². The number of ether oxygens (including phenoxy) is 1. The van der Waals surface area contributed by atoms with E-state index < -0.39 is 41.2 Å². The molecule has 0 bridgehead atoms. The maximum atomic E-state index is 13.3. The Morgan fingerprint density at radius 1 is 1.17 bits per heavy atom. The Labute approximate surface area is 221 Å². The van der Waals surface area contributed by atoms with Gasteiger partial charge in [-0.25, -0.2) is 4.79 Å². The Morgan fingerprint density at radius 3 is 2.56 bits per heavy atom. The van der Waals surface area contributed by atoms with Crippen molar-refractivity contribution in [1.82, 2.24) is 0 Å². The number of benzene rings is 2. The van der Waals surface area contributed by atoms with Crippen molar-refractivity contribution in [2.45, 2.75) is 32.4 Å². The minimum absolute atomic E-state index is 0.0908. The van der Waals surface area contributed by atoms with Gasteiger partial charge in [0.25, 0.3) is 0 Å². The molecule has 0 saturated heterocycles. The monoisotopic (exact) mass is 545 g/mol. The Kier molecular flexibility index (Phi) is 7.59. The largest absolute Gasteiger partial charge is 0.507 e. The Balaban J connectivity index is 1.63. The van der Waals surface area contributed by atoms with Crippen LogP contribution < -0.4 is 0 Å². The molecule has 1 aliphatic heterocycles. The number of aromatic hydroxyl groups is 2. The van der Waals surface area contributed by atoms with Gasteiger partial charge in [0.1, 0.15) is 22.6 Å². The fourth-order valence-electron chi connectivity index (χ4n) is 3.83. The number of hydrogen-bond donors (Lipinski definition) is 2. The van der Waals surface area contributed by atoms with Crippen LogP contribution >= 0.6 is 35.0 Å². The number of carbonyl (C=O) groups is 3. The molecule has 186 valence electrons. The van der Waals surface area contributed by atoms with E-state index >= 15 is 0 Å². The van der Waals surface area contributed by atoms with Gasteiger partial charge in [-0.2, -0.15) is 0 Å². The zero-order chi connectivity index (χ0) is 26.1. The van der Waals surface area contributed by atoms with E-state index in [0.29, 0.717) is 26.4 Å². The number of phenols is 2. The Morgan fingerprint density at radius 2 is 1.86 bits per heavy atom. The van der Waals surface area contributed by atoms with E-state index in [1.165, 1.54) is 11.8 Å². The quantitative estimate of drug-likeness (QED) is 0.278. The van der Waals surface area contributed by atoms with Crippen LogP contribution in [0.25, 0.3) is 0 Å². The number of Topliss-reactive ketones (excluding diaryl/α,β-unsaturated/α-hetero) is 1. The van der Waals surface area contributed by atoms with E-state index in [0.717, 1.165) is 23.8 Å². The summed E-state index contributed by atoms with van der Waals surface area (Å²) in [6.45, 7) is 3.69. The van der Waals surface area contributed by atoms with Crippen molar-refractivity contribution in [2.75, 3.05) is 5.75 Å². The van der Waals surface area contributed by atoms with Crippen LogP contribution in [0.15, 0.2) is 58.6 Å². The lowest BCUT2D eigenvalue weighted by Crippen LogP contribution is -2.32. The molecule has 2 aromatic rings. The molecule has 7 nitrogen and oxygen atoms in total. The summed E-state index contributed by atoms with van der Waals surface area (Å²) in [7, 11) is 0. The smallest absolute Gasteiger partial charge is 0.332 e. The number of carbonyl (C=O) groups excluding carboxylic acids is 3. The molecule has 2 N–H and O–H groups in total. The van der Waals surface area contributed by atoms with Crippen LogP contribution in [-0.2, 0) is 9.53 Å². The van der Waals surface area contributed by atoms with Gasteiger partial charge in [-0.1, -0.05) is 47.0 Å². The molecule has 0 amide bonds. The highest BCUT2D eigenvalue weighted by molar-refractivity contribution is 8.14. The van der Waals surface area contributed by atoms with E-state index in [9.17, 15) is 24.6 Å². The molecule has 2 aliphatic rings. The van der Waals surface area contributed by atoms with Crippen molar-refractivity contribution >= 4 is 57.5 Å². The van der Waals surface area contributed by atoms with Gasteiger partial charge >= 0.3 is 5.97 Å². The van der Waals surface area contributed by atoms with Gasteiger partial charge in [0.2, 0.25) is 0 Å². The standard InChI is InChI=1S/C26H21Cl2NO6S/c1-12(2)6-9-20(14-10-19(32)21-17(30)7-8-18(31)22(21)24(14)33)35-26(34)16-11-36-25(29-16)13-4-3-5-15(27)23(13)28/h3-8,10,16,20,30-31H,9,11H2,1-2H3/t16-,20+/m0/s1. The van der Waals surface area contributed by atoms with Crippen molar-refractivity contribution in [1.29, 1.82) is 0 Å². The van der Waals surface area contributed by atoms with Crippen LogP contribution in [-0.4, -0.2) is 50.7 Å². The van der Waals surface area contributed by atoms with Crippen molar-refractivity contribution in [3.05, 3.63) is 80.4 Å². The number of esters is 1. The topological polar surface area (TPSA) is 113 Å². The number of thioether (sulfide) groups is 1. The van der Waals surface area contributed by atoms with E-state index in [-0.39, 0.29) is 23.1 Å². The normalized spacial score (nSPS) is 17.7. The Bertz CT molecular complexity index is 1380. The first-order valence-corrected chi connectivity index (χ1v) is 12.7. The third-order valence-electron chi connectivity index (χ3n) is 5.63. The van der Waals surface area contributed by atoms with E-state index in [4.69, 9.17) is 27.9 Å². The van der Waals surface area contributed by atoms with Gasteiger partial charge in [-0.3, -0.25) is 14.6 Å². The van der Waals surface area contributed by atoms with Crippen molar-refractivity contribution in [3.63, 3.8) is 0 Å². The number of aliphatic imine (C=N–C) groups is 1. The number of phenolic OH excluding ortho intramolecular Hbond substituents is 2. The molecular formula is C26H21Cl2NO6S. The molecule has 0 unspecified atom stereocenters. The summed E-state index contributed by atoms with van der Waals surface area (Å²) in [6, 6.07) is 6.55. The van der Waals surface area contributed by atoms with Crippen LogP contribution in [0.5, 0.6) is 11.5 Å². The average molecular weight is 546 g/mol. The van der Waals surface area contributed by atoms with Gasteiger partial charge < -0.3 is 14.9 Å². The second kappa shape index (κ2) is 10.5. The maximum Gasteiger partial charge on any atom is 0.332 e. The SMILES string of the molecule is CC(C)=CC[C@@H](OC(=O)[C@@H]1CSC(c2cccc(Cl)c2Cl)=N1)C1=CC(=O)c2c(O)ccc(O)c2C1=O. The van der Waals surface area contributed by atoms with E-state index in [1.807, 2.05) is 13.8 Å². The summed E-state index contributed by atoms with van der Waals surface area (Å²) in [6.07, 6.45) is 1.85. The molecular weight excluding hydrogens is 525 g/mol. The summed E-state index contributed by atoms with van der Waals surface area (Å²) in [5.41, 5.74) is 0.832. The lowest BCUT2D eigenvalue weighted by atomic mass is 9.85. The first-order valence-electron chi connectivity index (χ1n) is 10.9. The molecule has 1 heterocycles. The van der Waals surface area contributed by atoms with Gasteiger partial charge in [-0.15, -0.1) is 11.8 Å². The molecule has 0 radical (unpaired) electrons. The highest BCUT2D eigenvalue weighted by Gasteiger charge is 2.37. The second-order valence-corrected chi connectivity index (χ2v) is 10.2. The van der Waals surface area contributed by atoms with E-state index in [2.05, 4.69) is 4.99 Å². The summed E-state index contributed by atoms with van der Waals surface area (Å²) >= 11 is 13.7. The van der Waals surface area contributed by atoms with Crippen LogP contribution in [0.2, 0.25) is 10.0 Å². The first-order chi connectivity index (χ1) is 17.1. The second-order valence-electron chi connectivity index (χ2n) is 8.45. The summed E-state index contributed by atoms with van der Waals surface area (Å²) < 4.78 is 5.72. The lowest BCUT2D eigenvalue weighted by molar-refractivity contribution is -0.147. The summed E-state index contributed by atoms with van der Waals surface area (Å²) in [5, 5.41) is 21.6. The number of rotatable bonds is 6. The molecule has 0 aromatic heterocycles. The van der Waals surface area contributed by atoms with Gasteiger partial charge in [0.15, 0.2) is 17.6 Å². The first kappa shape index (κ1) is 26.0. The minimum Gasteiger partial charge on any atom is -0.507 e. The van der Waals surface area contributed by atoms with E-state index in [1.54, 1.807) is 24.3 Å². The molecule has 36 heavy (non-hydrogen) atoms. The highest BCUT2D eigenvalue weighted by atomic mass is 35.5. The summed E-state index contributed by atoms with van der Waals surface area (Å²) in [4.78, 5) is 43.6. The lowest BCUT2D eigenvalue weighted by Gasteiger charge is -2.24. The number of hydrogen-bond acceptors (Lipinski definition) is 8. The van der Waals surface area contributed by atoms with Crippen molar-refractivity contribution in [3.8, 4) is 11.5 Å². The molecule has 2 aromatic carbocycles. The molecule has 4 rings (SSSR count). The fraction of sp³-hybridized carbons (Fsp3) is 0.231. The fourth-order valence-corrected chi connectivity index (χ4v) is 5.33. The number of nitrogens with zero attached hydrogens (tertiary/aromatic N) is 1. The van der Waals surface area contributed by atoms with Gasteiger partial charge in [0.05, 0.1) is 21.2 Å². The zero-order valence-electron chi connectivity index (χ0n) is 19.2. The zero-order valence-corrected chi connectivity index (χ0v) is 21.6. The molecule has 2 atom stereocenters. The predicted molar refractivity (Wildman–Crippen MR) is 140 cm³/mol. The van der Waals surface area contributed by atoms with Crippen LogP contribution in [0.3, 0.4) is 0 Å².